The molecule has 7 heteroatoms. The van der Waals surface area contributed by atoms with Gasteiger partial charge in [0.15, 0.2) is 0 Å². The van der Waals surface area contributed by atoms with Crippen LogP contribution < -0.4 is 15.6 Å². The summed E-state index contributed by atoms with van der Waals surface area (Å²) < 4.78 is 11.6. The van der Waals surface area contributed by atoms with Crippen LogP contribution in [0.5, 0.6) is 5.75 Å². The molecule has 24 heavy (non-hydrogen) atoms. The van der Waals surface area contributed by atoms with Gasteiger partial charge in [0.25, 0.3) is 5.56 Å². The molecule has 0 spiro atoms. The van der Waals surface area contributed by atoms with Gasteiger partial charge in [-0.25, -0.2) is 9.78 Å². The van der Waals surface area contributed by atoms with Crippen molar-refractivity contribution in [1.29, 1.82) is 0 Å². The number of aromatic nitrogens is 2. The van der Waals surface area contributed by atoms with E-state index in [1.807, 2.05) is 0 Å². The van der Waals surface area contributed by atoms with Gasteiger partial charge in [0.05, 0.1) is 19.9 Å². The van der Waals surface area contributed by atoms with E-state index in [-0.39, 0.29) is 12.1 Å². The van der Waals surface area contributed by atoms with Crippen molar-refractivity contribution in [3.05, 3.63) is 52.6 Å². The summed E-state index contributed by atoms with van der Waals surface area (Å²) in [5.74, 6) is 1.08. The summed E-state index contributed by atoms with van der Waals surface area (Å²) in [5, 5.41) is 2.58. The number of nitrogens with one attached hydrogen (secondary N) is 1. The number of methoxy groups -OCH3 is 1. The molecule has 0 saturated carbocycles. The third-order valence-corrected chi connectivity index (χ3v) is 3.05. The molecule has 7 nitrogen and oxygen atoms in total. The molecule has 0 bridgehead atoms. The molecule has 0 aliphatic rings. The van der Waals surface area contributed by atoms with Crippen LogP contribution in [0.2, 0.25) is 0 Å². The predicted octanol–water partition coefficient (Wildman–Crippen LogP) is 2.27. The number of nitrogens with zero attached hydrogens (tertiary/aromatic N) is 2. The maximum Gasteiger partial charge on any atom is 0.407 e. The highest BCUT2D eigenvalue weighted by molar-refractivity contribution is 5.67. The largest absolute Gasteiger partial charge is 0.495 e. The van der Waals surface area contributed by atoms with Gasteiger partial charge in [-0.2, -0.15) is 0 Å². The maximum absolute atomic E-state index is 12.5. The van der Waals surface area contributed by atoms with Crippen LogP contribution in [-0.4, -0.2) is 28.4 Å². The summed E-state index contributed by atoms with van der Waals surface area (Å²) in [6, 6.07) is 6.78. The van der Waals surface area contributed by atoms with E-state index in [4.69, 9.17) is 9.47 Å². The highest BCUT2D eigenvalue weighted by atomic mass is 16.6. The van der Waals surface area contributed by atoms with Crippen molar-refractivity contribution >= 4 is 6.09 Å². The second-order valence-electron chi connectivity index (χ2n) is 6.12. The smallest absolute Gasteiger partial charge is 0.407 e. The van der Waals surface area contributed by atoms with Crippen molar-refractivity contribution in [3.63, 3.8) is 0 Å². The molecule has 1 amide bonds. The second kappa shape index (κ2) is 7.16. The number of hydrogen-bond donors (Lipinski definition) is 1. The molecule has 2 aromatic rings. The maximum atomic E-state index is 12.5. The Hall–Kier alpha value is -2.83. The lowest BCUT2D eigenvalue weighted by Gasteiger charge is -2.19. The van der Waals surface area contributed by atoms with Gasteiger partial charge >= 0.3 is 6.09 Å². The molecule has 0 aliphatic carbocycles. The molecule has 1 N–H and O–H groups in total. The molecule has 0 radical (unpaired) electrons. The van der Waals surface area contributed by atoms with Crippen molar-refractivity contribution in [2.45, 2.75) is 32.9 Å². The van der Waals surface area contributed by atoms with E-state index in [0.29, 0.717) is 17.1 Å². The quantitative estimate of drug-likeness (QED) is 0.929. The Kier molecular flexibility index (Phi) is 5.23. The average Bonchev–Trinajstić information content (AvgIpc) is 2.52. The summed E-state index contributed by atoms with van der Waals surface area (Å²) >= 11 is 0. The molecule has 0 unspecified atom stereocenters. The Labute approximate surface area is 140 Å². The number of pyridine rings is 2. The van der Waals surface area contributed by atoms with Crippen molar-refractivity contribution in [1.82, 2.24) is 14.9 Å². The van der Waals surface area contributed by atoms with Crippen LogP contribution >= 0.6 is 0 Å². The Morgan fingerprint density at radius 2 is 2.04 bits per heavy atom. The van der Waals surface area contributed by atoms with E-state index in [9.17, 15) is 9.59 Å². The average molecular weight is 331 g/mol. The van der Waals surface area contributed by atoms with E-state index >= 15 is 0 Å². The van der Waals surface area contributed by atoms with Gasteiger partial charge in [-0.15, -0.1) is 0 Å². The van der Waals surface area contributed by atoms with Crippen LogP contribution in [-0.2, 0) is 11.3 Å². The molecule has 0 aromatic carbocycles. The molecule has 128 valence electrons. The van der Waals surface area contributed by atoms with Gasteiger partial charge in [-0.3, -0.25) is 9.36 Å². The Bertz CT molecular complexity index is 761. The highest BCUT2D eigenvalue weighted by Gasteiger charge is 2.16. The minimum Gasteiger partial charge on any atom is -0.495 e. The van der Waals surface area contributed by atoms with Crippen molar-refractivity contribution in [2.75, 3.05) is 7.11 Å². The van der Waals surface area contributed by atoms with Crippen LogP contribution in [0.4, 0.5) is 4.79 Å². The molecule has 0 fully saturated rings. The van der Waals surface area contributed by atoms with Crippen LogP contribution in [0.25, 0.3) is 5.82 Å². The number of ether oxygens (including phenoxy) is 2. The molecular formula is C17H21N3O4. The van der Waals surface area contributed by atoms with Crippen molar-refractivity contribution in [2.24, 2.45) is 0 Å². The molecule has 0 atom stereocenters. The molecule has 2 heterocycles. The summed E-state index contributed by atoms with van der Waals surface area (Å²) in [6.07, 6.45) is 2.58. The zero-order valence-corrected chi connectivity index (χ0v) is 14.2. The molecule has 2 aromatic heterocycles. The van der Waals surface area contributed by atoms with Crippen molar-refractivity contribution in [3.8, 4) is 11.6 Å². The summed E-state index contributed by atoms with van der Waals surface area (Å²) in [7, 11) is 1.55. The monoisotopic (exact) mass is 331 g/mol. The SMILES string of the molecule is COc1ccc(-n2cccc(CNC(=O)OC(C)(C)C)c2=O)nc1. The third kappa shape index (κ3) is 4.58. The zero-order valence-electron chi connectivity index (χ0n) is 14.2. The van der Waals surface area contributed by atoms with Gasteiger partial charge < -0.3 is 14.8 Å². The van der Waals surface area contributed by atoms with Gasteiger partial charge in [-0.05, 0) is 39.0 Å². The fraction of sp³-hybridized carbons (Fsp3) is 0.353. The lowest BCUT2D eigenvalue weighted by atomic mass is 10.2. The van der Waals surface area contributed by atoms with Gasteiger partial charge in [0.2, 0.25) is 0 Å². The highest BCUT2D eigenvalue weighted by Crippen LogP contribution is 2.10. The first kappa shape index (κ1) is 17.5. The first-order valence-corrected chi connectivity index (χ1v) is 7.48. The van der Waals surface area contributed by atoms with E-state index in [1.165, 1.54) is 10.8 Å². The molecule has 0 aliphatic heterocycles. The number of amides is 1. The van der Waals surface area contributed by atoms with Crippen LogP contribution in [0.3, 0.4) is 0 Å². The first-order valence-electron chi connectivity index (χ1n) is 7.48. The predicted molar refractivity (Wildman–Crippen MR) is 89.5 cm³/mol. The van der Waals surface area contributed by atoms with Gasteiger partial charge in [0.1, 0.15) is 17.2 Å². The van der Waals surface area contributed by atoms with Crippen LogP contribution in [0, 0.1) is 0 Å². The zero-order chi connectivity index (χ0) is 17.7. The minimum absolute atomic E-state index is 0.0741. The number of rotatable bonds is 4. The summed E-state index contributed by atoms with van der Waals surface area (Å²) in [6.45, 7) is 5.40. The number of carbonyl (C=O) groups is 1. The van der Waals surface area contributed by atoms with E-state index < -0.39 is 11.7 Å². The fourth-order valence-corrected chi connectivity index (χ4v) is 1.97. The van der Waals surface area contributed by atoms with E-state index in [1.54, 1.807) is 58.3 Å². The molecule has 0 saturated heterocycles. The topological polar surface area (TPSA) is 82.5 Å². The summed E-state index contributed by atoms with van der Waals surface area (Å²) in [4.78, 5) is 28.4. The van der Waals surface area contributed by atoms with Crippen LogP contribution in [0.1, 0.15) is 26.3 Å². The fourth-order valence-electron chi connectivity index (χ4n) is 1.97. The first-order chi connectivity index (χ1) is 11.3. The van der Waals surface area contributed by atoms with E-state index in [2.05, 4.69) is 10.3 Å². The lowest BCUT2D eigenvalue weighted by Crippen LogP contribution is -2.34. The van der Waals surface area contributed by atoms with Crippen LogP contribution in [0.15, 0.2) is 41.5 Å². The number of carbonyl (C=O) groups excluding carboxylic acids is 1. The van der Waals surface area contributed by atoms with Crippen molar-refractivity contribution < 1.29 is 14.3 Å². The molecular weight excluding hydrogens is 310 g/mol. The lowest BCUT2D eigenvalue weighted by molar-refractivity contribution is 0.0523. The normalized spacial score (nSPS) is 11.0. The summed E-state index contributed by atoms with van der Waals surface area (Å²) in [5.41, 5.74) is -0.416. The van der Waals surface area contributed by atoms with Gasteiger partial charge in [-0.1, -0.05) is 6.07 Å². The number of alkyl carbamates (subject to hydrolysis) is 1. The Balaban J connectivity index is 2.15. The Morgan fingerprint density at radius 1 is 1.29 bits per heavy atom. The number of hydrogen-bond acceptors (Lipinski definition) is 5. The minimum atomic E-state index is -0.589. The molecule has 2 rings (SSSR count). The second-order valence-corrected chi connectivity index (χ2v) is 6.12. The third-order valence-electron chi connectivity index (χ3n) is 3.05. The standard InChI is InChI=1S/C17H21N3O4/c1-17(2,3)24-16(22)19-10-12-6-5-9-20(15(12)21)14-8-7-13(23-4)11-18-14/h5-9,11H,10H2,1-4H3,(H,19,22). The van der Waals surface area contributed by atoms with Gasteiger partial charge in [0, 0.05) is 11.8 Å². The Morgan fingerprint density at radius 3 is 2.62 bits per heavy atom. The van der Waals surface area contributed by atoms with E-state index in [0.717, 1.165) is 0 Å².